The molecule has 0 spiro atoms. The second kappa shape index (κ2) is 7.54. The summed E-state index contributed by atoms with van der Waals surface area (Å²) in [4.78, 5) is 26.0. The molecule has 0 radical (unpaired) electrons. The van der Waals surface area contributed by atoms with Crippen LogP contribution in [0.25, 0.3) is 0 Å². The van der Waals surface area contributed by atoms with Gasteiger partial charge < -0.3 is 5.73 Å². The quantitative estimate of drug-likeness (QED) is 0.882. The number of nitrogens with two attached hydrogens (primary N) is 1. The van der Waals surface area contributed by atoms with E-state index in [4.69, 9.17) is 17.3 Å². The lowest BCUT2D eigenvalue weighted by atomic mass is 10.0. The normalized spacial score (nSPS) is 19.2. The summed E-state index contributed by atoms with van der Waals surface area (Å²) in [5.41, 5.74) is 6.14. The first kappa shape index (κ1) is 15.9. The van der Waals surface area contributed by atoms with Crippen LogP contribution in [0, 0.1) is 0 Å². The van der Waals surface area contributed by atoms with E-state index in [0.29, 0.717) is 17.1 Å². The van der Waals surface area contributed by atoms with Crippen LogP contribution in [0.3, 0.4) is 0 Å². The largest absolute Gasteiger partial charge is 0.329 e. The van der Waals surface area contributed by atoms with Crippen molar-refractivity contribution in [2.75, 3.05) is 19.6 Å². The minimum atomic E-state index is -0.405. The summed E-state index contributed by atoms with van der Waals surface area (Å²) in [6, 6.07) is 6.66. The van der Waals surface area contributed by atoms with Crippen molar-refractivity contribution in [1.29, 1.82) is 0 Å². The summed E-state index contributed by atoms with van der Waals surface area (Å²) in [6.07, 6.45) is 3.22. The van der Waals surface area contributed by atoms with Crippen molar-refractivity contribution in [2.24, 2.45) is 5.73 Å². The SMILES string of the molecule is NCC1CCCCN1CC(=O)NC(=O)c1ccc(Cl)cc1. The number of halogens is 1. The van der Waals surface area contributed by atoms with Gasteiger partial charge in [0.05, 0.1) is 6.54 Å². The summed E-state index contributed by atoms with van der Waals surface area (Å²) < 4.78 is 0. The Labute approximate surface area is 129 Å². The smallest absolute Gasteiger partial charge is 0.257 e. The highest BCUT2D eigenvalue weighted by atomic mass is 35.5. The third-order valence-electron chi connectivity index (χ3n) is 3.73. The molecular weight excluding hydrogens is 290 g/mol. The molecule has 1 aromatic rings. The first-order valence-electron chi connectivity index (χ1n) is 7.14. The summed E-state index contributed by atoms with van der Waals surface area (Å²) in [5, 5.41) is 2.96. The zero-order chi connectivity index (χ0) is 15.2. The third-order valence-corrected chi connectivity index (χ3v) is 3.98. The second-order valence-corrected chi connectivity index (χ2v) is 5.68. The Kier molecular flexibility index (Phi) is 5.73. The Balaban J connectivity index is 1.88. The molecule has 2 rings (SSSR count). The number of benzene rings is 1. The number of piperidine rings is 1. The molecule has 0 aliphatic carbocycles. The van der Waals surface area contributed by atoms with Crippen molar-refractivity contribution in [1.82, 2.24) is 10.2 Å². The fourth-order valence-electron chi connectivity index (χ4n) is 2.56. The zero-order valence-electron chi connectivity index (χ0n) is 11.8. The highest BCUT2D eigenvalue weighted by Gasteiger charge is 2.23. The van der Waals surface area contributed by atoms with Crippen LogP contribution in [0.4, 0.5) is 0 Å². The van der Waals surface area contributed by atoms with Gasteiger partial charge in [-0.25, -0.2) is 0 Å². The van der Waals surface area contributed by atoms with Gasteiger partial charge >= 0.3 is 0 Å². The lowest BCUT2D eigenvalue weighted by Gasteiger charge is -2.34. The first-order valence-corrected chi connectivity index (χ1v) is 7.52. The molecule has 1 aromatic carbocycles. The molecule has 21 heavy (non-hydrogen) atoms. The van der Waals surface area contributed by atoms with Gasteiger partial charge in [-0.1, -0.05) is 18.0 Å². The minimum Gasteiger partial charge on any atom is -0.329 e. The minimum absolute atomic E-state index is 0.210. The molecule has 1 unspecified atom stereocenters. The molecule has 2 amide bonds. The molecule has 0 bridgehead atoms. The fraction of sp³-hybridized carbons (Fsp3) is 0.467. The van der Waals surface area contributed by atoms with Crippen LogP contribution in [0.2, 0.25) is 5.02 Å². The van der Waals surface area contributed by atoms with Crippen LogP contribution < -0.4 is 11.1 Å². The van der Waals surface area contributed by atoms with Gasteiger partial charge in [0.2, 0.25) is 5.91 Å². The summed E-state index contributed by atoms with van der Waals surface area (Å²) in [5.74, 6) is -0.701. The maximum atomic E-state index is 12.0. The molecular formula is C15H20ClN3O2. The van der Waals surface area contributed by atoms with Crippen LogP contribution in [-0.4, -0.2) is 42.4 Å². The number of likely N-dealkylation sites (tertiary alicyclic amines) is 1. The molecule has 3 N–H and O–H groups in total. The molecule has 1 fully saturated rings. The summed E-state index contributed by atoms with van der Waals surface area (Å²) >= 11 is 5.77. The van der Waals surface area contributed by atoms with E-state index in [9.17, 15) is 9.59 Å². The number of carbonyl (C=O) groups excluding carboxylic acids is 2. The van der Waals surface area contributed by atoms with Gasteiger partial charge in [0, 0.05) is 23.2 Å². The van der Waals surface area contributed by atoms with Crippen LogP contribution in [0.1, 0.15) is 29.6 Å². The van der Waals surface area contributed by atoms with Gasteiger partial charge in [-0.3, -0.25) is 19.8 Å². The van der Waals surface area contributed by atoms with Gasteiger partial charge in [0.25, 0.3) is 5.91 Å². The van der Waals surface area contributed by atoms with E-state index >= 15 is 0 Å². The van der Waals surface area contributed by atoms with E-state index in [1.54, 1.807) is 24.3 Å². The van der Waals surface area contributed by atoms with Crippen LogP contribution in [0.15, 0.2) is 24.3 Å². The maximum Gasteiger partial charge on any atom is 0.257 e. The van der Waals surface area contributed by atoms with Gasteiger partial charge in [0.15, 0.2) is 0 Å². The standard InChI is InChI=1S/C15H20ClN3O2/c16-12-6-4-11(5-7-12)15(21)18-14(20)10-19-8-2-1-3-13(19)9-17/h4-7,13H,1-3,8-10,17H2,(H,18,20,21). The zero-order valence-corrected chi connectivity index (χ0v) is 12.6. The van der Waals surface area contributed by atoms with Crippen LogP contribution in [-0.2, 0) is 4.79 Å². The molecule has 1 atom stereocenters. The number of hydrogen-bond donors (Lipinski definition) is 2. The Hall–Kier alpha value is -1.43. The van der Waals surface area contributed by atoms with Crippen molar-refractivity contribution in [3.63, 3.8) is 0 Å². The van der Waals surface area contributed by atoms with Crippen molar-refractivity contribution in [2.45, 2.75) is 25.3 Å². The number of hydrogen-bond acceptors (Lipinski definition) is 4. The van der Waals surface area contributed by atoms with Crippen LogP contribution in [0.5, 0.6) is 0 Å². The Bertz CT molecular complexity index is 504. The van der Waals surface area contributed by atoms with Crippen molar-refractivity contribution < 1.29 is 9.59 Å². The third kappa shape index (κ3) is 4.52. The maximum absolute atomic E-state index is 12.0. The van der Waals surface area contributed by atoms with Crippen LogP contribution >= 0.6 is 11.6 Å². The van der Waals surface area contributed by atoms with E-state index in [1.165, 1.54) is 0 Å². The molecule has 1 saturated heterocycles. The number of nitrogens with zero attached hydrogens (tertiary/aromatic N) is 1. The summed E-state index contributed by atoms with van der Waals surface area (Å²) in [7, 11) is 0. The first-order chi connectivity index (χ1) is 10.1. The lowest BCUT2D eigenvalue weighted by Crippen LogP contribution is -2.49. The van der Waals surface area contributed by atoms with Gasteiger partial charge in [-0.2, -0.15) is 0 Å². The van der Waals surface area contributed by atoms with Crippen molar-refractivity contribution in [3.8, 4) is 0 Å². The molecule has 1 aliphatic heterocycles. The van der Waals surface area contributed by atoms with E-state index in [1.807, 2.05) is 4.90 Å². The predicted molar refractivity (Wildman–Crippen MR) is 82.2 cm³/mol. The number of carbonyl (C=O) groups is 2. The Morgan fingerprint density at radius 1 is 1.29 bits per heavy atom. The average Bonchev–Trinajstić information content (AvgIpc) is 2.48. The van der Waals surface area contributed by atoms with E-state index < -0.39 is 5.91 Å². The Morgan fingerprint density at radius 2 is 2.00 bits per heavy atom. The molecule has 0 saturated carbocycles. The van der Waals surface area contributed by atoms with E-state index in [0.717, 1.165) is 25.8 Å². The second-order valence-electron chi connectivity index (χ2n) is 5.24. The van der Waals surface area contributed by atoms with Crippen molar-refractivity contribution in [3.05, 3.63) is 34.9 Å². The molecule has 114 valence electrons. The highest BCUT2D eigenvalue weighted by Crippen LogP contribution is 2.15. The predicted octanol–water partition coefficient (Wildman–Crippen LogP) is 1.41. The average molecular weight is 310 g/mol. The van der Waals surface area contributed by atoms with Gasteiger partial charge in [-0.05, 0) is 43.7 Å². The highest BCUT2D eigenvalue weighted by molar-refractivity contribution is 6.30. The summed E-state index contributed by atoms with van der Waals surface area (Å²) in [6.45, 7) is 1.60. The fourth-order valence-corrected chi connectivity index (χ4v) is 2.69. The Morgan fingerprint density at radius 3 is 2.67 bits per heavy atom. The monoisotopic (exact) mass is 309 g/mol. The van der Waals surface area contributed by atoms with Gasteiger partial charge in [-0.15, -0.1) is 0 Å². The molecule has 0 aromatic heterocycles. The lowest BCUT2D eigenvalue weighted by molar-refractivity contribution is -0.122. The van der Waals surface area contributed by atoms with E-state index in [2.05, 4.69) is 5.32 Å². The number of imide groups is 1. The van der Waals surface area contributed by atoms with Gasteiger partial charge in [0.1, 0.15) is 0 Å². The molecule has 5 nitrogen and oxygen atoms in total. The van der Waals surface area contributed by atoms with Crippen molar-refractivity contribution >= 4 is 23.4 Å². The number of amides is 2. The molecule has 1 heterocycles. The van der Waals surface area contributed by atoms with E-state index in [-0.39, 0.29) is 18.5 Å². The topological polar surface area (TPSA) is 75.4 Å². The molecule has 6 heteroatoms. The number of nitrogens with one attached hydrogen (secondary N) is 1. The molecule has 1 aliphatic rings. The number of rotatable bonds is 4.